The average Bonchev–Trinajstić information content (AvgIpc) is 2.94. The molecule has 0 spiro atoms. The summed E-state index contributed by atoms with van der Waals surface area (Å²) in [5.41, 5.74) is 2.57. The molecule has 0 bridgehead atoms. The van der Waals surface area contributed by atoms with Crippen LogP contribution in [-0.4, -0.2) is 15.3 Å². The minimum absolute atomic E-state index is 0.0278. The first-order valence-corrected chi connectivity index (χ1v) is 8.00. The van der Waals surface area contributed by atoms with Crippen LogP contribution in [0.15, 0.2) is 48.8 Å². The largest absolute Gasteiger partial charge is 0.350 e. The lowest BCUT2D eigenvalue weighted by Crippen LogP contribution is -2.23. The lowest BCUT2D eigenvalue weighted by molar-refractivity contribution is -0.121. The molecule has 1 aromatic carbocycles. The van der Waals surface area contributed by atoms with E-state index in [2.05, 4.69) is 10.3 Å². The Labute approximate surface area is 144 Å². The molecule has 1 amide bonds. The van der Waals surface area contributed by atoms with Gasteiger partial charge >= 0.3 is 0 Å². The van der Waals surface area contributed by atoms with Crippen molar-refractivity contribution >= 4 is 34.8 Å². The van der Waals surface area contributed by atoms with Crippen LogP contribution in [0.3, 0.4) is 0 Å². The van der Waals surface area contributed by atoms with Crippen molar-refractivity contribution in [3.05, 3.63) is 70.1 Å². The Balaban J connectivity index is 1.54. The fraction of sp³-hybridized carbons (Fsp3) is 0.176. The van der Waals surface area contributed by atoms with Crippen molar-refractivity contribution in [3.63, 3.8) is 0 Å². The van der Waals surface area contributed by atoms with Gasteiger partial charge in [-0.15, -0.1) is 0 Å². The van der Waals surface area contributed by atoms with Crippen molar-refractivity contribution in [3.8, 4) is 0 Å². The molecule has 0 fully saturated rings. The molecule has 0 aliphatic heterocycles. The molecule has 0 aliphatic carbocycles. The fourth-order valence-electron chi connectivity index (χ4n) is 2.33. The third-order valence-electron chi connectivity index (χ3n) is 3.51. The molecule has 23 heavy (non-hydrogen) atoms. The van der Waals surface area contributed by atoms with Gasteiger partial charge in [-0.2, -0.15) is 0 Å². The number of rotatable bonds is 5. The number of fused-ring (bicyclic) bond motifs is 1. The number of pyridine rings is 1. The van der Waals surface area contributed by atoms with E-state index in [0.29, 0.717) is 29.4 Å². The number of nitrogens with one attached hydrogen (secondary N) is 1. The van der Waals surface area contributed by atoms with Crippen LogP contribution in [0, 0.1) is 0 Å². The number of hydrogen-bond acceptors (Lipinski definition) is 2. The van der Waals surface area contributed by atoms with E-state index in [1.54, 1.807) is 12.3 Å². The lowest BCUT2D eigenvalue weighted by atomic mass is 10.1. The second kappa shape index (κ2) is 7.02. The number of amides is 1. The molecule has 0 unspecified atom stereocenters. The molecule has 2 aromatic heterocycles. The topological polar surface area (TPSA) is 46.4 Å². The normalized spacial score (nSPS) is 10.9. The van der Waals surface area contributed by atoms with Crippen LogP contribution in [0.2, 0.25) is 10.0 Å². The standard InChI is InChI=1S/C17H15Cl2N3O/c18-13-6-7-16-21-14(11-22(16)10-13)9-20-17(23)8-5-12-3-1-2-4-15(12)19/h1-4,6-7,10-11H,5,8-9H2,(H,20,23). The van der Waals surface area contributed by atoms with Crippen molar-refractivity contribution in [2.75, 3.05) is 0 Å². The molecule has 3 aromatic rings. The Morgan fingerprint density at radius 3 is 2.78 bits per heavy atom. The van der Waals surface area contributed by atoms with Crippen molar-refractivity contribution in [1.82, 2.24) is 14.7 Å². The van der Waals surface area contributed by atoms with E-state index in [0.717, 1.165) is 16.9 Å². The van der Waals surface area contributed by atoms with E-state index in [1.165, 1.54) is 0 Å². The van der Waals surface area contributed by atoms with Crippen molar-refractivity contribution in [2.24, 2.45) is 0 Å². The molecule has 0 saturated carbocycles. The number of aryl methyl sites for hydroxylation is 1. The highest BCUT2D eigenvalue weighted by Gasteiger charge is 2.07. The van der Waals surface area contributed by atoms with Crippen LogP contribution in [-0.2, 0) is 17.8 Å². The summed E-state index contributed by atoms with van der Waals surface area (Å²) in [6.45, 7) is 0.390. The average molecular weight is 348 g/mol. The van der Waals surface area contributed by atoms with E-state index >= 15 is 0 Å². The van der Waals surface area contributed by atoms with Crippen molar-refractivity contribution in [1.29, 1.82) is 0 Å². The zero-order valence-corrected chi connectivity index (χ0v) is 13.8. The summed E-state index contributed by atoms with van der Waals surface area (Å²) in [5.74, 6) is -0.0278. The number of halogens is 2. The molecule has 0 radical (unpaired) electrons. The van der Waals surface area contributed by atoms with Crippen molar-refractivity contribution < 1.29 is 4.79 Å². The number of nitrogens with zero attached hydrogens (tertiary/aromatic N) is 2. The smallest absolute Gasteiger partial charge is 0.220 e. The first-order chi connectivity index (χ1) is 11.1. The third kappa shape index (κ3) is 4.03. The lowest BCUT2D eigenvalue weighted by Gasteiger charge is -2.05. The Hall–Kier alpha value is -2.04. The van der Waals surface area contributed by atoms with E-state index < -0.39 is 0 Å². The first kappa shape index (κ1) is 15.8. The number of benzene rings is 1. The summed E-state index contributed by atoms with van der Waals surface area (Å²) < 4.78 is 1.84. The van der Waals surface area contributed by atoms with Gasteiger partial charge in [-0.1, -0.05) is 41.4 Å². The quantitative estimate of drug-likeness (QED) is 0.760. The van der Waals surface area contributed by atoms with Crippen LogP contribution >= 0.6 is 23.2 Å². The Kier molecular flexibility index (Phi) is 4.84. The van der Waals surface area contributed by atoms with Gasteiger partial charge in [0.2, 0.25) is 5.91 Å². The van der Waals surface area contributed by atoms with Gasteiger partial charge in [-0.25, -0.2) is 4.98 Å². The minimum atomic E-state index is -0.0278. The summed E-state index contributed by atoms with van der Waals surface area (Å²) in [6, 6.07) is 11.2. The summed E-state index contributed by atoms with van der Waals surface area (Å²) >= 11 is 12.0. The van der Waals surface area contributed by atoms with Gasteiger partial charge in [0.25, 0.3) is 0 Å². The summed E-state index contributed by atoms with van der Waals surface area (Å²) in [6.07, 6.45) is 4.65. The molecular formula is C17H15Cl2N3O. The maximum atomic E-state index is 12.0. The van der Waals surface area contributed by atoms with Gasteiger partial charge in [0.1, 0.15) is 5.65 Å². The van der Waals surface area contributed by atoms with Gasteiger partial charge in [0.05, 0.1) is 17.3 Å². The molecule has 4 nitrogen and oxygen atoms in total. The molecule has 0 aliphatic rings. The Bertz CT molecular complexity index is 845. The van der Waals surface area contributed by atoms with Gasteiger partial charge in [-0.05, 0) is 30.2 Å². The monoisotopic (exact) mass is 347 g/mol. The molecule has 0 atom stereocenters. The minimum Gasteiger partial charge on any atom is -0.350 e. The van der Waals surface area contributed by atoms with Crippen LogP contribution in [0.1, 0.15) is 17.7 Å². The summed E-state index contributed by atoms with van der Waals surface area (Å²) in [7, 11) is 0. The van der Waals surface area contributed by atoms with Crippen LogP contribution in [0.5, 0.6) is 0 Å². The highest BCUT2D eigenvalue weighted by Crippen LogP contribution is 2.16. The predicted octanol–water partition coefficient (Wildman–Crippen LogP) is 3.89. The Morgan fingerprint density at radius 2 is 1.96 bits per heavy atom. The van der Waals surface area contributed by atoms with Crippen molar-refractivity contribution in [2.45, 2.75) is 19.4 Å². The van der Waals surface area contributed by atoms with Crippen LogP contribution in [0.25, 0.3) is 5.65 Å². The zero-order valence-electron chi connectivity index (χ0n) is 12.3. The van der Waals surface area contributed by atoms with Gasteiger partial charge < -0.3 is 9.72 Å². The molecule has 6 heteroatoms. The third-order valence-corrected chi connectivity index (χ3v) is 4.10. The molecule has 2 heterocycles. The maximum Gasteiger partial charge on any atom is 0.220 e. The highest BCUT2D eigenvalue weighted by molar-refractivity contribution is 6.31. The number of carbonyl (C=O) groups excluding carboxylic acids is 1. The second-order valence-electron chi connectivity index (χ2n) is 5.21. The SMILES string of the molecule is O=C(CCc1ccccc1Cl)NCc1cn2cc(Cl)ccc2n1. The van der Waals surface area contributed by atoms with Crippen LogP contribution in [0.4, 0.5) is 0 Å². The van der Waals surface area contributed by atoms with E-state index in [-0.39, 0.29) is 5.91 Å². The highest BCUT2D eigenvalue weighted by atomic mass is 35.5. The number of aromatic nitrogens is 2. The molecule has 1 N–H and O–H groups in total. The predicted molar refractivity (Wildman–Crippen MR) is 91.8 cm³/mol. The van der Waals surface area contributed by atoms with E-state index in [9.17, 15) is 4.79 Å². The number of imidazole rings is 1. The fourth-order valence-corrected chi connectivity index (χ4v) is 2.73. The van der Waals surface area contributed by atoms with Gasteiger partial charge in [-0.3, -0.25) is 4.79 Å². The summed E-state index contributed by atoms with van der Waals surface area (Å²) in [4.78, 5) is 16.4. The van der Waals surface area contributed by atoms with E-state index in [1.807, 2.05) is 40.9 Å². The molecular weight excluding hydrogens is 333 g/mol. The van der Waals surface area contributed by atoms with E-state index in [4.69, 9.17) is 23.2 Å². The molecule has 0 saturated heterocycles. The Morgan fingerprint density at radius 1 is 1.13 bits per heavy atom. The molecule has 3 rings (SSSR count). The summed E-state index contributed by atoms with van der Waals surface area (Å²) in [5, 5.41) is 4.21. The first-order valence-electron chi connectivity index (χ1n) is 7.25. The second-order valence-corrected chi connectivity index (χ2v) is 6.06. The van der Waals surface area contributed by atoms with Gasteiger partial charge in [0, 0.05) is 23.8 Å². The number of carbonyl (C=O) groups is 1. The van der Waals surface area contributed by atoms with Gasteiger partial charge in [0.15, 0.2) is 0 Å². The maximum absolute atomic E-state index is 12.0. The van der Waals surface area contributed by atoms with Crippen LogP contribution < -0.4 is 5.32 Å². The number of hydrogen-bond donors (Lipinski definition) is 1. The zero-order chi connectivity index (χ0) is 16.2. The molecule has 118 valence electrons.